The summed E-state index contributed by atoms with van der Waals surface area (Å²) in [5.74, 6) is 0.0689. The Bertz CT molecular complexity index is 848. The van der Waals surface area contributed by atoms with Crippen LogP contribution in [-0.2, 0) is 29.4 Å². The predicted molar refractivity (Wildman–Crippen MR) is 108 cm³/mol. The number of likely N-dealkylation sites (tertiary alicyclic amines) is 1. The molecule has 0 spiro atoms. The van der Waals surface area contributed by atoms with Crippen molar-refractivity contribution >= 4 is 10.0 Å². The van der Waals surface area contributed by atoms with Crippen molar-refractivity contribution in [2.75, 3.05) is 20.1 Å². The molecule has 7 heteroatoms. The molecule has 2 heterocycles. The van der Waals surface area contributed by atoms with Crippen LogP contribution in [0.5, 0.6) is 0 Å². The predicted octanol–water partition coefficient (Wildman–Crippen LogP) is 2.54. The van der Waals surface area contributed by atoms with Crippen LogP contribution in [0.15, 0.2) is 36.5 Å². The van der Waals surface area contributed by atoms with Crippen LogP contribution < -0.4 is 0 Å². The van der Waals surface area contributed by atoms with Gasteiger partial charge in [0, 0.05) is 44.5 Å². The third-order valence-electron chi connectivity index (χ3n) is 5.67. The first kappa shape index (κ1) is 20.0. The number of nitrogens with zero attached hydrogens (tertiary/aromatic N) is 4. The average molecular weight is 391 g/mol. The summed E-state index contributed by atoms with van der Waals surface area (Å²) in [5.41, 5.74) is 3.28. The zero-order valence-electron chi connectivity index (χ0n) is 16.5. The molecule has 1 atom stereocenters. The number of hydrogen-bond donors (Lipinski definition) is 0. The van der Waals surface area contributed by atoms with Crippen molar-refractivity contribution < 1.29 is 8.42 Å². The highest BCUT2D eigenvalue weighted by Crippen LogP contribution is 2.22. The van der Waals surface area contributed by atoms with Crippen molar-refractivity contribution in [3.05, 3.63) is 53.3 Å². The van der Waals surface area contributed by atoms with E-state index in [1.807, 2.05) is 48.3 Å². The minimum atomic E-state index is -3.31. The molecule has 0 N–H and O–H groups in total. The molecule has 1 unspecified atom stereocenters. The summed E-state index contributed by atoms with van der Waals surface area (Å²) < 4.78 is 29.2. The quantitative estimate of drug-likeness (QED) is 0.761. The highest BCUT2D eigenvalue weighted by Gasteiger charge is 2.28. The lowest BCUT2D eigenvalue weighted by atomic mass is 10.1. The first-order valence-corrected chi connectivity index (χ1v) is 11.2. The zero-order chi connectivity index (χ0) is 19.4. The van der Waals surface area contributed by atoms with Gasteiger partial charge in [-0.1, -0.05) is 30.3 Å². The van der Waals surface area contributed by atoms with Crippen LogP contribution in [0.2, 0.25) is 0 Å². The van der Waals surface area contributed by atoms with Gasteiger partial charge in [-0.25, -0.2) is 12.7 Å². The standard InChI is InChI=1S/C20H30N4O2S/c1-17-19(14-21-22(17)2)15-24-12-7-10-20(11-13-24)23(3)27(25,26)16-18-8-5-4-6-9-18/h4-6,8-9,14,20H,7,10-13,15-16H2,1-3H3. The Hall–Kier alpha value is -1.70. The Morgan fingerprint density at radius 3 is 2.59 bits per heavy atom. The smallest absolute Gasteiger partial charge is 0.218 e. The fourth-order valence-electron chi connectivity index (χ4n) is 3.71. The monoisotopic (exact) mass is 390 g/mol. The molecule has 0 radical (unpaired) electrons. The van der Waals surface area contributed by atoms with Gasteiger partial charge < -0.3 is 0 Å². The maximum Gasteiger partial charge on any atom is 0.218 e. The molecule has 1 fully saturated rings. The third kappa shape index (κ3) is 4.97. The first-order chi connectivity index (χ1) is 12.9. The van der Waals surface area contributed by atoms with Crippen LogP contribution in [0.4, 0.5) is 0 Å². The van der Waals surface area contributed by atoms with Gasteiger partial charge in [-0.15, -0.1) is 0 Å². The van der Waals surface area contributed by atoms with Gasteiger partial charge in [-0.3, -0.25) is 9.58 Å². The largest absolute Gasteiger partial charge is 0.299 e. The number of benzene rings is 1. The highest BCUT2D eigenvalue weighted by atomic mass is 32.2. The molecule has 1 aliphatic rings. The van der Waals surface area contributed by atoms with Crippen molar-refractivity contribution in [3.63, 3.8) is 0 Å². The molecular formula is C20H30N4O2S. The zero-order valence-corrected chi connectivity index (χ0v) is 17.3. The minimum absolute atomic E-state index is 0.0682. The molecule has 1 saturated heterocycles. The second kappa shape index (κ2) is 8.54. The Labute approximate surface area is 162 Å². The van der Waals surface area contributed by atoms with E-state index in [0.29, 0.717) is 0 Å². The second-order valence-corrected chi connectivity index (χ2v) is 9.53. The molecule has 1 aliphatic heterocycles. The van der Waals surface area contributed by atoms with Gasteiger partial charge in [0.25, 0.3) is 0 Å². The van der Waals surface area contributed by atoms with E-state index < -0.39 is 10.0 Å². The fraction of sp³-hybridized carbons (Fsp3) is 0.550. The van der Waals surface area contributed by atoms with Crippen LogP contribution in [0.1, 0.15) is 36.1 Å². The Balaban J connectivity index is 1.60. The summed E-state index contributed by atoms with van der Waals surface area (Å²) in [6, 6.07) is 9.49. The second-order valence-electron chi connectivity index (χ2n) is 7.50. The van der Waals surface area contributed by atoms with Crippen molar-refractivity contribution in [1.29, 1.82) is 0 Å². The summed E-state index contributed by atoms with van der Waals surface area (Å²) in [6.45, 7) is 4.88. The number of aromatic nitrogens is 2. The molecule has 0 amide bonds. The van der Waals surface area contributed by atoms with Crippen molar-refractivity contribution in [3.8, 4) is 0 Å². The molecule has 0 bridgehead atoms. The molecule has 27 heavy (non-hydrogen) atoms. The summed E-state index contributed by atoms with van der Waals surface area (Å²) in [5, 5.41) is 4.32. The van der Waals surface area contributed by atoms with Crippen LogP contribution in [0.25, 0.3) is 0 Å². The molecule has 148 valence electrons. The van der Waals surface area contributed by atoms with Crippen LogP contribution in [-0.4, -0.2) is 53.6 Å². The number of aryl methyl sites for hydroxylation is 1. The van der Waals surface area contributed by atoms with Crippen LogP contribution >= 0.6 is 0 Å². The lowest BCUT2D eigenvalue weighted by Gasteiger charge is -2.27. The SMILES string of the molecule is Cc1c(CN2CCCC(N(C)S(=O)(=O)Cc3ccccc3)CC2)cnn1C. The molecule has 0 aliphatic carbocycles. The summed E-state index contributed by atoms with van der Waals surface area (Å²) in [4.78, 5) is 2.42. The number of sulfonamides is 1. The maximum absolute atomic E-state index is 12.8. The van der Waals surface area contributed by atoms with E-state index in [1.165, 1.54) is 11.3 Å². The summed E-state index contributed by atoms with van der Waals surface area (Å²) >= 11 is 0. The Morgan fingerprint density at radius 1 is 1.19 bits per heavy atom. The van der Waals surface area contributed by atoms with E-state index in [-0.39, 0.29) is 11.8 Å². The Morgan fingerprint density at radius 2 is 1.93 bits per heavy atom. The topological polar surface area (TPSA) is 58.4 Å². The lowest BCUT2D eigenvalue weighted by molar-refractivity contribution is 0.266. The number of hydrogen-bond acceptors (Lipinski definition) is 4. The molecule has 2 aromatic rings. The highest BCUT2D eigenvalue weighted by molar-refractivity contribution is 7.88. The summed E-state index contributed by atoms with van der Waals surface area (Å²) in [6.07, 6.45) is 4.72. The molecular weight excluding hydrogens is 360 g/mol. The van der Waals surface area contributed by atoms with Crippen molar-refractivity contribution in [2.24, 2.45) is 7.05 Å². The molecule has 1 aromatic carbocycles. The first-order valence-electron chi connectivity index (χ1n) is 9.56. The normalized spacial score (nSPS) is 19.3. The van der Waals surface area contributed by atoms with Crippen molar-refractivity contribution in [1.82, 2.24) is 19.0 Å². The molecule has 0 saturated carbocycles. The minimum Gasteiger partial charge on any atom is -0.299 e. The van der Waals surface area contributed by atoms with Crippen molar-refractivity contribution in [2.45, 2.75) is 44.5 Å². The van der Waals surface area contributed by atoms with E-state index in [1.54, 1.807) is 11.4 Å². The summed E-state index contributed by atoms with van der Waals surface area (Å²) in [7, 11) is 0.395. The van der Waals surface area contributed by atoms with Gasteiger partial charge in [0.2, 0.25) is 10.0 Å². The third-order valence-corrected chi connectivity index (χ3v) is 7.54. The van der Waals surface area contributed by atoms with Gasteiger partial charge in [-0.2, -0.15) is 5.10 Å². The van der Waals surface area contributed by atoms with E-state index in [4.69, 9.17) is 0 Å². The van der Waals surface area contributed by atoms with Crippen LogP contribution in [0, 0.1) is 6.92 Å². The van der Waals surface area contributed by atoms with E-state index >= 15 is 0 Å². The van der Waals surface area contributed by atoms with Gasteiger partial charge in [-0.05, 0) is 38.3 Å². The Kier molecular flexibility index (Phi) is 6.34. The van der Waals surface area contributed by atoms with Gasteiger partial charge in [0.1, 0.15) is 0 Å². The maximum atomic E-state index is 12.8. The molecule has 6 nitrogen and oxygen atoms in total. The van der Waals surface area contributed by atoms with Gasteiger partial charge in [0.05, 0.1) is 11.9 Å². The van der Waals surface area contributed by atoms with Crippen LogP contribution in [0.3, 0.4) is 0 Å². The lowest BCUT2D eigenvalue weighted by Crippen LogP contribution is -2.38. The van der Waals surface area contributed by atoms with E-state index in [9.17, 15) is 8.42 Å². The van der Waals surface area contributed by atoms with Gasteiger partial charge >= 0.3 is 0 Å². The number of rotatable bonds is 6. The van der Waals surface area contributed by atoms with E-state index in [0.717, 1.165) is 44.5 Å². The molecule has 3 rings (SSSR count). The average Bonchev–Trinajstić information content (AvgIpc) is 2.85. The van der Waals surface area contributed by atoms with E-state index in [2.05, 4.69) is 16.9 Å². The van der Waals surface area contributed by atoms with Gasteiger partial charge in [0.15, 0.2) is 0 Å². The molecule has 1 aromatic heterocycles. The fourth-order valence-corrected chi connectivity index (χ4v) is 5.20.